The third-order valence-corrected chi connectivity index (χ3v) is 6.53. The average molecular weight is 605 g/mol. The summed E-state index contributed by atoms with van der Waals surface area (Å²) in [6, 6.07) is 4.56. The number of anilines is 4. The second-order valence-electron chi connectivity index (χ2n) is 10.1. The zero-order valence-electron chi connectivity index (χ0n) is 24.5. The predicted octanol–water partition coefficient (Wildman–Crippen LogP) is 0.275. The molecule has 10 N–H and O–H groups in total. The van der Waals surface area contributed by atoms with E-state index in [4.69, 9.17) is 21.3 Å². The number of ether oxygens (including phenoxy) is 1. The molecule has 16 nitrogen and oxygen atoms in total. The minimum absolute atomic E-state index is 0.0388. The summed E-state index contributed by atoms with van der Waals surface area (Å²) in [5.41, 5.74) is 12.1. The number of aliphatic carboxylic acids is 2. The highest BCUT2D eigenvalue weighted by Crippen LogP contribution is 2.25. The number of aromatic nitrogens is 2. The van der Waals surface area contributed by atoms with Crippen LogP contribution in [0, 0.1) is 5.92 Å². The number of carbonyl (C=O) groups is 4. The first-order chi connectivity index (χ1) is 20.2. The summed E-state index contributed by atoms with van der Waals surface area (Å²) in [5.74, 6) is -2.75. The van der Waals surface area contributed by atoms with Crippen LogP contribution in [-0.2, 0) is 19.1 Å². The molecule has 1 aliphatic heterocycles. The van der Waals surface area contributed by atoms with Crippen LogP contribution in [0.1, 0.15) is 44.0 Å². The Balaban J connectivity index is 0.000000553. The number of carboxylic acid groups (broad SMARTS) is 2. The molecule has 3 rings (SSSR count). The Morgan fingerprint density at radius 1 is 1.19 bits per heavy atom. The van der Waals surface area contributed by atoms with Gasteiger partial charge >= 0.3 is 17.9 Å². The molecule has 0 fully saturated rings. The summed E-state index contributed by atoms with van der Waals surface area (Å²) in [6.07, 6.45) is -0.586. The summed E-state index contributed by atoms with van der Waals surface area (Å²) in [6.45, 7) is 6.96. The number of H-pyrrole nitrogens is 1. The molecule has 236 valence electrons. The topological polar surface area (TPSA) is 255 Å². The number of carboxylic acids is 2. The van der Waals surface area contributed by atoms with E-state index in [0.29, 0.717) is 31.2 Å². The van der Waals surface area contributed by atoms with Gasteiger partial charge in [-0.15, -0.1) is 0 Å². The number of fused-ring (bicyclic) bond motifs is 1. The Labute approximate surface area is 248 Å². The molecule has 0 radical (unpaired) electrons. The van der Waals surface area contributed by atoms with E-state index in [9.17, 15) is 29.1 Å². The fraction of sp³-hybridized carbons (Fsp3) is 0.481. The first kappa shape index (κ1) is 34.3. The van der Waals surface area contributed by atoms with Gasteiger partial charge in [0.1, 0.15) is 17.8 Å². The van der Waals surface area contributed by atoms with Crippen molar-refractivity contribution in [3.63, 3.8) is 0 Å². The number of likely N-dealkylation sites (N-methyl/N-ethyl adjacent to an activating group) is 1. The van der Waals surface area contributed by atoms with Crippen LogP contribution >= 0.6 is 0 Å². The van der Waals surface area contributed by atoms with Crippen molar-refractivity contribution in [2.75, 3.05) is 48.0 Å². The maximum atomic E-state index is 12.3. The average Bonchev–Trinajstić information content (AvgIpc) is 2.94. The number of hydrogen-bond donors (Lipinski definition) is 8. The number of nitrogens with two attached hydrogens (primary N) is 2. The zero-order valence-corrected chi connectivity index (χ0v) is 24.5. The van der Waals surface area contributed by atoms with Gasteiger partial charge in [0.15, 0.2) is 5.82 Å². The Morgan fingerprint density at radius 2 is 1.84 bits per heavy atom. The molecule has 0 saturated carbocycles. The minimum Gasteiger partial charge on any atom is -0.481 e. The van der Waals surface area contributed by atoms with Gasteiger partial charge < -0.3 is 47.3 Å². The molecule has 3 atom stereocenters. The lowest BCUT2D eigenvalue weighted by atomic mass is 10.1. The largest absolute Gasteiger partial charge is 0.481 e. The van der Waals surface area contributed by atoms with E-state index >= 15 is 0 Å². The number of esters is 1. The number of benzene rings is 1. The first-order valence-corrected chi connectivity index (χ1v) is 13.6. The zero-order chi connectivity index (χ0) is 32.3. The molecule has 0 spiro atoms. The molecule has 16 heteroatoms. The third kappa shape index (κ3) is 10.2. The summed E-state index contributed by atoms with van der Waals surface area (Å²) in [5, 5.41) is 26.6. The van der Waals surface area contributed by atoms with E-state index in [1.807, 2.05) is 18.7 Å². The fourth-order valence-corrected chi connectivity index (χ4v) is 3.93. The maximum absolute atomic E-state index is 12.3. The predicted molar refractivity (Wildman–Crippen MR) is 160 cm³/mol. The SMILES string of the molecule is CCOC(=O)C(N)C(C)C.CN1c2c(nc(N)[nH]c2=O)NC[C@@H]1CNc1ccc(C(=O)NC(CCC(=O)O)C(=O)O)cc1. The quantitative estimate of drug-likeness (QED) is 0.151. The Kier molecular flexibility index (Phi) is 12.7. The van der Waals surface area contributed by atoms with Gasteiger partial charge in [-0.3, -0.25) is 24.2 Å². The number of hydrogen-bond acceptors (Lipinski definition) is 12. The molecule has 1 aromatic heterocycles. The maximum Gasteiger partial charge on any atom is 0.326 e. The summed E-state index contributed by atoms with van der Waals surface area (Å²) in [7, 11) is 1.79. The van der Waals surface area contributed by atoms with Crippen molar-refractivity contribution < 1.29 is 34.1 Å². The summed E-state index contributed by atoms with van der Waals surface area (Å²) >= 11 is 0. The Bertz CT molecular complexity index is 1330. The van der Waals surface area contributed by atoms with E-state index in [1.165, 1.54) is 12.1 Å². The molecule has 0 bridgehead atoms. The normalized spacial score (nSPS) is 15.1. The molecule has 1 aliphatic rings. The molecule has 0 saturated heterocycles. The van der Waals surface area contributed by atoms with E-state index < -0.39 is 29.9 Å². The van der Waals surface area contributed by atoms with Crippen LogP contribution in [0.3, 0.4) is 0 Å². The minimum atomic E-state index is -1.30. The Hall–Kier alpha value is -4.86. The lowest BCUT2D eigenvalue weighted by Gasteiger charge is -2.35. The van der Waals surface area contributed by atoms with Gasteiger partial charge in [0.2, 0.25) is 5.95 Å². The number of nitrogens with zero attached hydrogens (tertiary/aromatic N) is 2. The highest BCUT2D eigenvalue weighted by Gasteiger charge is 2.27. The number of nitrogens with one attached hydrogen (secondary N) is 4. The van der Waals surface area contributed by atoms with Crippen LogP contribution in [-0.4, -0.2) is 88.9 Å². The smallest absolute Gasteiger partial charge is 0.326 e. The van der Waals surface area contributed by atoms with Crippen LogP contribution in [0.4, 0.5) is 23.1 Å². The fourth-order valence-electron chi connectivity index (χ4n) is 3.93. The van der Waals surface area contributed by atoms with Gasteiger partial charge in [-0.2, -0.15) is 4.98 Å². The second-order valence-corrected chi connectivity index (χ2v) is 10.1. The van der Waals surface area contributed by atoms with Crippen molar-refractivity contribution in [3.8, 4) is 0 Å². The molecule has 2 heterocycles. The number of nitrogen functional groups attached to an aromatic ring is 1. The number of rotatable bonds is 12. The highest BCUT2D eigenvalue weighted by molar-refractivity contribution is 5.97. The molecular weight excluding hydrogens is 564 g/mol. The number of amides is 1. The van der Waals surface area contributed by atoms with Crippen LogP contribution in [0.5, 0.6) is 0 Å². The summed E-state index contributed by atoms with van der Waals surface area (Å²) < 4.78 is 4.70. The van der Waals surface area contributed by atoms with E-state index in [-0.39, 0.29) is 47.8 Å². The molecule has 43 heavy (non-hydrogen) atoms. The molecular formula is C27H40N8O8. The summed E-state index contributed by atoms with van der Waals surface area (Å²) in [4.78, 5) is 65.7. The van der Waals surface area contributed by atoms with Gasteiger partial charge in [0, 0.05) is 37.8 Å². The molecule has 1 amide bonds. The molecule has 0 aliphatic carbocycles. The van der Waals surface area contributed by atoms with Crippen LogP contribution in [0.15, 0.2) is 29.1 Å². The van der Waals surface area contributed by atoms with E-state index in [0.717, 1.165) is 5.69 Å². The van der Waals surface area contributed by atoms with Gasteiger partial charge in [0.25, 0.3) is 11.5 Å². The highest BCUT2D eigenvalue weighted by atomic mass is 16.5. The van der Waals surface area contributed by atoms with Crippen molar-refractivity contribution in [1.29, 1.82) is 0 Å². The second kappa shape index (κ2) is 16.0. The van der Waals surface area contributed by atoms with Crippen LogP contribution < -0.4 is 37.9 Å². The van der Waals surface area contributed by atoms with Crippen molar-refractivity contribution >= 4 is 47.0 Å². The third-order valence-electron chi connectivity index (χ3n) is 6.53. The lowest BCUT2D eigenvalue weighted by Crippen LogP contribution is -2.48. The first-order valence-electron chi connectivity index (χ1n) is 13.6. The molecule has 2 aromatic rings. The lowest BCUT2D eigenvalue weighted by molar-refractivity contribution is -0.146. The van der Waals surface area contributed by atoms with Gasteiger partial charge in [-0.25, -0.2) is 4.79 Å². The van der Waals surface area contributed by atoms with Crippen molar-refractivity contribution in [2.45, 2.75) is 51.7 Å². The van der Waals surface area contributed by atoms with E-state index in [2.05, 4.69) is 25.9 Å². The van der Waals surface area contributed by atoms with Crippen molar-refractivity contribution in [3.05, 3.63) is 40.2 Å². The van der Waals surface area contributed by atoms with Crippen LogP contribution in [0.25, 0.3) is 0 Å². The van der Waals surface area contributed by atoms with Gasteiger partial charge in [0.05, 0.1) is 12.6 Å². The van der Waals surface area contributed by atoms with E-state index in [1.54, 1.807) is 26.1 Å². The van der Waals surface area contributed by atoms with Crippen molar-refractivity contribution in [2.24, 2.45) is 11.7 Å². The monoisotopic (exact) mass is 604 g/mol. The van der Waals surface area contributed by atoms with Crippen LogP contribution in [0.2, 0.25) is 0 Å². The number of aromatic amines is 1. The number of carbonyl (C=O) groups excluding carboxylic acids is 2. The van der Waals surface area contributed by atoms with Gasteiger partial charge in [-0.1, -0.05) is 13.8 Å². The van der Waals surface area contributed by atoms with Crippen molar-refractivity contribution in [1.82, 2.24) is 15.3 Å². The molecule has 2 unspecified atom stereocenters. The van der Waals surface area contributed by atoms with Gasteiger partial charge in [-0.05, 0) is 43.5 Å². The Morgan fingerprint density at radius 3 is 2.40 bits per heavy atom. The standard InChI is InChI=1S/C20H25N7O6.C7H15NO2/c1-27-12(9-23-16-15(27)18(31)26-20(21)25-16)8-22-11-4-2-10(3-5-11)17(30)24-13(19(32)33)6-7-14(28)29;1-4-10-7(9)6(8)5(2)3/h2-5,12-13,22H,6-9H2,1H3,(H,24,30)(H,28,29)(H,32,33)(H4,21,23,25,26,31);5-6H,4,8H2,1-3H3/t12-,13?;/m0./s1. The molecule has 1 aromatic carbocycles.